The molecule has 3 aliphatic rings. The Kier molecular flexibility index (Phi) is 6.57. The summed E-state index contributed by atoms with van der Waals surface area (Å²) < 4.78 is 0. The third-order valence-corrected chi connectivity index (χ3v) is 7.94. The summed E-state index contributed by atoms with van der Waals surface area (Å²) in [5, 5.41) is 4.25. The van der Waals surface area contributed by atoms with E-state index in [1.54, 1.807) is 5.57 Å². The zero-order valence-electron chi connectivity index (χ0n) is 19.1. The molecule has 2 nitrogen and oxygen atoms in total. The molecule has 0 spiro atoms. The monoisotopic (exact) mass is 383 g/mol. The first-order valence-electron chi connectivity index (χ1n) is 11.4. The van der Waals surface area contributed by atoms with Crippen LogP contribution in [-0.4, -0.2) is 12.8 Å². The molecule has 0 heterocycles. The fourth-order valence-corrected chi connectivity index (χ4v) is 6.58. The fourth-order valence-electron chi connectivity index (χ4n) is 6.58. The Labute approximate surface area is 173 Å². The molecule has 0 saturated heterocycles. The average Bonchev–Trinajstić information content (AvgIpc) is 3.11. The van der Waals surface area contributed by atoms with Gasteiger partial charge < -0.3 is 4.84 Å². The molecule has 3 saturated carbocycles. The topological polar surface area (TPSA) is 21.6 Å². The molecule has 0 aromatic carbocycles. The quantitative estimate of drug-likeness (QED) is 0.193. The Hall–Kier alpha value is -1.31. The SMILES string of the molecule is CC(C)=CCC/C(C)=C/CO/N=C/C=C1[C@H]2CC[C@@H]3[C@H]2C(C)(C)CCC[C@]13C. The van der Waals surface area contributed by atoms with Crippen LogP contribution in [0.5, 0.6) is 0 Å². The molecular formula is C26H41NO. The maximum absolute atomic E-state index is 5.51. The zero-order valence-corrected chi connectivity index (χ0v) is 19.1. The molecule has 0 aromatic heterocycles. The van der Waals surface area contributed by atoms with E-state index in [1.165, 1.54) is 43.3 Å². The van der Waals surface area contributed by atoms with Crippen molar-refractivity contribution in [2.24, 2.45) is 33.7 Å². The molecule has 0 aromatic rings. The van der Waals surface area contributed by atoms with E-state index in [-0.39, 0.29) is 0 Å². The number of hydrogen-bond donors (Lipinski definition) is 0. The highest BCUT2D eigenvalue weighted by Crippen LogP contribution is 2.70. The lowest BCUT2D eigenvalue weighted by Crippen LogP contribution is -2.28. The standard InChI is InChI=1S/C26H41NO/c1-19(2)9-7-10-20(3)14-18-28-27-17-13-22-21-11-12-23-24(21)25(4,5)15-8-16-26(22,23)6/h9,13-14,17,21,23-24H,7-8,10-12,15-16,18H2,1-6H3/b20-14+,22-13?,27-17+/t21-,23-,24+,26-/m1/s1. The predicted molar refractivity (Wildman–Crippen MR) is 120 cm³/mol. The summed E-state index contributed by atoms with van der Waals surface area (Å²) >= 11 is 0. The Morgan fingerprint density at radius 1 is 1.11 bits per heavy atom. The molecule has 156 valence electrons. The summed E-state index contributed by atoms with van der Waals surface area (Å²) in [4.78, 5) is 5.51. The summed E-state index contributed by atoms with van der Waals surface area (Å²) in [6, 6.07) is 0. The third kappa shape index (κ3) is 4.31. The van der Waals surface area contributed by atoms with E-state index in [9.17, 15) is 0 Å². The van der Waals surface area contributed by atoms with Crippen molar-refractivity contribution in [1.82, 2.24) is 0 Å². The van der Waals surface area contributed by atoms with Gasteiger partial charge in [-0.1, -0.05) is 55.1 Å². The lowest BCUT2D eigenvalue weighted by molar-refractivity contribution is 0.141. The predicted octanol–water partition coefficient (Wildman–Crippen LogP) is 7.48. The molecule has 4 atom stereocenters. The smallest absolute Gasteiger partial charge is 0.135 e. The largest absolute Gasteiger partial charge is 0.392 e. The minimum Gasteiger partial charge on any atom is -0.392 e. The second kappa shape index (κ2) is 8.59. The molecular weight excluding hydrogens is 342 g/mol. The molecule has 2 heteroatoms. The van der Waals surface area contributed by atoms with Crippen molar-refractivity contribution < 1.29 is 4.84 Å². The average molecular weight is 384 g/mol. The molecule has 0 aliphatic heterocycles. The minimum atomic E-state index is 0.398. The Bertz CT molecular complexity index is 677. The highest BCUT2D eigenvalue weighted by atomic mass is 16.6. The Morgan fingerprint density at radius 2 is 1.89 bits per heavy atom. The van der Waals surface area contributed by atoms with E-state index >= 15 is 0 Å². The maximum atomic E-state index is 5.51. The molecule has 0 radical (unpaired) electrons. The van der Waals surface area contributed by atoms with Gasteiger partial charge in [0.1, 0.15) is 6.61 Å². The highest BCUT2D eigenvalue weighted by molar-refractivity contribution is 5.72. The summed E-state index contributed by atoms with van der Waals surface area (Å²) in [5.41, 5.74) is 5.32. The van der Waals surface area contributed by atoms with Gasteiger partial charge in [-0.05, 0) is 100 Å². The first-order chi connectivity index (χ1) is 13.3. The number of nitrogens with zero attached hydrogens (tertiary/aromatic N) is 1. The number of rotatable bonds is 7. The minimum absolute atomic E-state index is 0.398. The Balaban J connectivity index is 1.57. The third-order valence-electron chi connectivity index (χ3n) is 7.94. The molecule has 0 unspecified atom stereocenters. The van der Waals surface area contributed by atoms with Crippen molar-refractivity contribution in [2.75, 3.05) is 6.61 Å². The van der Waals surface area contributed by atoms with Crippen LogP contribution in [0.2, 0.25) is 0 Å². The fraction of sp³-hybridized carbons (Fsp3) is 0.731. The van der Waals surface area contributed by atoms with Crippen LogP contribution in [0.25, 0.3) is 0 Å². The van der Waals surface area contributed by atoms with Crippen LogP contribution in [0.4, 0.5) is 0 Å². The van der Waals surface area contributed by atoms with E-state index in [1.807, 2.05) is 6.21 Å². The summed E-state index contributed by atoms with van der Waals surface area (Å²) in [7, 11) is 0. The normalized spacial score (nSPS) is 35.4. The summed E-state index contributed by atoms with van der Waals surface area (Å²) in [6.07, 6.45) is 17.8. The van der Waals surface area contributed by atoms with Crippen LogP contribution < -0.4 is 0 Å². The Morgan fingerprint density at radius 3 is 2.64 bits per heavy atom. The first-order valence-corrected chi connectivity index (χ1v) is 11.4. The lowest BCUT2D eigenvalue weighted by atomic mass is 9.68. The molecule has 3 fully saturated rings. The van der Waals surface area contributed by atoms with Crippen molar-refractivity contribution >= 4 is 6.21 Å². The molecule has 3 rings (SSSR count). The van der Waals surface area contributed by atoms with Gasteiger partial charge in [0.15, 0.2) is 0 Å². The van der Waals surface area contributed by atoms with Crippen LogP contribution in [0.3, 0.4) is 0 Å². The van der Waals surface area contributed by atoms with Crippen LogP contribution >= 0.6 is 0 Å². The van der Waals surface area contributed by atoms with Crippen molar-refractivity contribution in [3.8, 4) is 0 Å². The van der Waals surface area contributed by atoms with Gasteiger partial charge in [0.25, 0.3) is 0 Å². The summed E-state index contributed by atoms with van der Waals surface area (Å²) in [5.74, 6) is 2.52. The van der Waals surface area contributed by atoms with Crippen molar-refractivity contribution in [3.05, 3.63) is 34.9 Å². The van der Waals surface area contributed by atoms with Gasteiger partial charge in [0.05, 0.1) is 6.21 Å². The molecule has 4 bridgehead atoms. The van der Waals surface area contributed by atoms with Crippen LogP contribution in [-0.2, 0) is 4.84 Å². The van der Waals surface area contributed by atoms with Gasteiger partial charge in [-0.2, -0.15) is 0 Å². The molecule has 0 amide bonds. The lowest BCUT2D eigenvalue weighted by Gasteiger charge is -2.36. The number of oxime groups is 1. The molecule has 0 N–H and O–H groups in total. The van der Waals surface area contributed by atoms with Crippen LogP contribution in [0.1, 0.15) is 86.5 Å². The van der Waals surface area contributed by atoms with Crippen molar-refractivity contribution in [1.29, 1.82) is 0 Å². The van der Waals surface area contributed by atoms with Gasteiger partial charge in [-0.3, -0.25) is 0 Å². The summed E-state index contributed by atoms with van der Waals surface area (Å²) in [6.45, 7) is 14.6. The van der Waals surface area contributed by atoms with E-state index in [2.05, 4.69) is 64.9 Å². The second-order valence-electron chi connectivity index (χ2n) is 10.6. The first kappa shape index (κ1) is 21.4. The second-order valence-corrected chi connectivity index (χ2v) is 10.6. The molecule has 3 aliphatic carbocycles. The zero-order chi connectivity index (χ0) is 20.4. The van der Waals surface area contributed by atoms with Gasteiger partial charge in [0.2, 0.25) is 0 Å². The highest BCUT2D eigenvalue weighted by Gasteiger charge is 2.62. The molecule has 28 heavy (non-hydrogen) atoms. The van der Waals surface area contributed by atoms with Gasteiger partial charge in [-0.15, -0.1) is 0 Å². The van der Waals surface area contributed by atoms with Gasteiger partial charge in [-0.25, -0.2) is 0 Å². The van der Waals surface area contributed by atoms with Gasteiger partial charge in [0, 0.05) is 0 Å². The van der Waals surface area contributed by atoms with E-state index in [0.717, 1.165) is 30.6 Å². The van der Waals surface area contributed by atoms with E-state index in [0.29, 0.717) is 17.4 Å². The number of allylic oxidation sites excluding steroid dienone is 5. The van der Waals surface area contributed by atoms with E-state index < -0.39 is 0 Å². The van der Waals surface area contributed by atoms with E-state index in [4.69, 9.17) is 4.84 Å². The number of hydrogen-bond acceptors (Lipinski definition) is 2. The van der Waals surface area contributed by atoms with Crippen LogP contribution in [0.15, 0.2) is 40.1 Å². The maximum Gasteiger partial charge on any atom is 0.135 e. The van der Waals surface area contributed by atoms with Gasteiger partial charge >= 0.3 is 0 Å². The van der Waals surface area contributed by atoms with Crippen LogP contribution in [0, 0.1) is 28.6 Å². The van der Waals surface area contributed by atoms with Crippen molar-refractivity contribution in [3.63, 3.8) is 0 Å². The van der Waals surface area contributed by atoms with Crippen molar-refractivity contribution in [2.45, 2.75) is 86.5 Å².